The van der Waals surface area contributed by atoms with Crippen LogP contribution in [0.15, 0.2) is 0 Å². The van der Waals surface area contributed by atoms with Crippen molar-refractivity contribution in [1.82, 2.24) is 4.90 Å². The molecule has 0 atom stereocenters. The molecule has 96 valence electrons. The van der Waals surface area contributed by atoms with E-state index < -0.39 is 0 Å². The molecule has 0 fully saturated rings. The van der Waals surface area contributed by atoms with Gasteiger partial charge in [0.1, 0.15) is 0 Å². The predicted octanol–water partition coefficient (Wildman–Crippen LogP) is 1.39. The lowest BCUT2D eigenvalue weighted by Crippen LogP contribution is -2.29. The van der Waals surface area contributed by atoms with Crippen LogP contribution in [-0.2, 0) is 9.53 Å². The highest BCUT2D eigenvalue weighted by molar-refractivity contribution is 5.75. The summed E-state index contributed by atoms with van der Waals surface area (Å²) >= 11 is 0. The molecule has 0 spiro atoms. The lowest BCUT2D eigenvalue weighted by Gasteiger charge is -2.16. The van der Waals surface area contributed by atoms with E-state index in [4.69, 9.17) is 10.5 Å². The normalized spacial score (nSPS) is 10.4. The zero-order valence-electron chi connectivity index (χ0n) is 10.7. The molecule has 0 aromatic rings. The highest BCUT2D eigenvalue weighted by Gasteiger charge is 2.07. The number of nitrogens with two attached hydrogens (primary N) is 1. The highest BCUT2D eigenvalue weighted by atomic mass is 16.5. The Morgan fingerprint density at radius 2 is 1.94 bits per heavy atom. The second-order valence-electron chi connectivity index (χ2n) is 3.97. The molecule has 0 unspecified atom stereocenters. The fraction of sp³-hybridized carbons (Fsp3) is 0.917. The van der Waals surface area contributed by atoms with Gasteiger partial charge in [0.15, 0.2) is 0 Å². The van der Waals surface area contributed by atoms with Crippen LogP contribution in [0.3, 0.4) is 0 Å². The fourth-order valence-electron chi connectivity index (χ4n) is 1.44. The zero-order chi connectivity index (χ0) is 12.2. The Kier molecular flexibility index (Phi) is 10.5. The van der Waals surface area contributed by atoms with Crippen LogP contribution >= 0.6 is 0 Å². The molecular formula is C12H26N2O2. The monoisotopic (exact) mass is 230 g/mol. The Morgan fingerprint density at radius 3 is 2.56 bits per heavy atom. The first kappa shape index (κ1) is 15.4. The summed E-state index contributed by atoms with van der Waals surface area (Å²) in [4.78, 5) is 13.4. The molecule has 1 amide bonds. The minimum absolute atomic E-state index is 0.215. The lowest BCUT2D eigenvalue weighted by atomic mass is 10.1. The van der Waals surface area contributed by atoms with E-state index in [1.165, 1.54) is 0 Å². The maximum absolute atomic E-state index is 11.6. The van der Waals surface area contributed by atoms with E-state index in [0.717, 1.165) is 32.2 Å². The van der Waals surface area contributed by atoms with Gasteiger partial charge in [0.05, 0.1) is 6.61 Å². The number of amides is 1. The maximum atomic E-state index is 11.6. The molecule has 0 aliphatic carbocycles. The van der Waals surface area contributed by atoms with Crippen molar-refractivity contribution in [2.45, 2.75) is 39.0 Å². The SMILES string of the molecule is CCOCCN(C)C(=O)CCCCCCN. The standard InChI is InChI=1S/C12H26N2O2/c1-3-16-11-10-14(2)12(15)8-6-4-5-7-9-13/h3-11,13H2,1-2H3. The molecular weight excluding hydrogens is 204 g/mol. The predicted molar refractivity (Wildman–Crippen MR) is 66.3 cm³/mol. The lowest BCUT2D eigenvalue weighted by molar-refractivity contribution is -0.130. The Balaban J connectivity index is 3.40. The molecule has 0 heterocycles. The van der Waals surface area contributed by atoms with Crippen LogP contribution in [0.2, 0.25) is 0 Å². The molecule has 4 heteroatoms. The number of carbonyl (C=O) groups excluding carboxylic acids is 1. The maximum Gasteiger partial charge on any atom is 0.222 e. The molecule has 0 rings (SSSR count). The van der Waals surface area contributed by atoms with Gasteiger partial charge >= 0.3 is 0 Å². The van der Waals surface area contributed by atoms with Crippen molar-refractivity contribution in [2.24, 2.45) is 5.73 Å². The molecule has 16 heavy (non-hydrogen) atoms. The molecule has 0 saturated heterocycles. The molecule has 0 radical (unpaired) electrons. The average molecular weight is 230 g/mol. The van der Waals surface area contributed by atoms with Gasteiger partial charge in [-0.1, -0.05) is 12.8 Å². The highest BCUT2D eigenvalue weighted by Crippen LogP contribution is 2.04. The van der Waals surface area contributed by atoms with E-state index in [1.54, 1.807) is 4.90 Å². The number of nitrogens with zero attached hydrogens (tertiary/aromatic N) is 1. The van der Waals surface area contributed by atoms with E-state index in [0.29, 0.717) is 26.2 Å². The van der Waals surface area contributed by atoms with Gasteiger partial charge in [-0.3, -0.25) is 4.79 Å². The van der Waals surface area contributed by atoms with Crippen LogP contribution in [0.4, 0.5) is 0 Å². The van der Waals surface area contributed by atoms with Gasteiger partial charge in [-0.15, -0.1) is 0 Å². The number of unbranched alkanes of at least 4 members (excludes halogenated alkanes) is 3. The Bertz CT molecular complexity index is 174. The average Bonchev–Trinajstić information content (AvgIpc) is 2.28. The third-order valence-electron chi connectivity index (χ3n) is 2.55. The topological polar surface area (TPSA) is 55.6 Å². The zero-order valence-corrected chi connectivity index (χ0v) is 10.7. The summed E-state index contributed by atoms with van der Waals surface area (Å²) in [6.45, 7) is 4.74. The number of ether oxygens (including phenoxy) is 1. The van der Waals surface area contributed by atoms with Crippen LogP contribution in [0.5, 0.6) is 0 Å². The fourth-order valence-corrected chi connectivity index (χ4v) is 1.44. The summed E-state index contributed by atoms with van der Waals surface area (Å²) < 4.78 is 5.20. The van der Waals surface area contributed by atoms with Crippen molar-refractivity contribution in [2.75, 3.05) is 33.4 Å². The van der Waals surface area contributed by atoms with Crippen LogP contribution in [0.1, 0.15) is 39.0 Å². The molecule has 2 N–H and O–H groups in total. The molecule has 0 aromatic carbocycles. The first-order valence-corrected chi connectivity index (χ1v) is 6.24. The third kappa shape index (κ3) is 8.68. The van der Waals surface area contributed by atoms with Gasteiger partial charge < -0.3 is 15.4 Å². The van der Waals surface area contributed by atoms with Crippen LogP contribution in [0, 0.1) is 0 Å². The molecule has 0 aliphatic rings. The Labute approximate surface area is 99.1 Å². The van der Waals surface area contributed by atoms with Gasteiger partial charge in [0.25, 0.3) is 0 Å². The van der Waals surface area contributed by atoms with Gasteiger partial charge in [-0.2, -0.15) is 0 Å². The van der Waals surface area contributed by atoms with Crippen molar-refractivity contribution in [3.63, 3.8) is 0 Å². The van der Waals surface area contributed by atoms with Gasteiger partial charge in [0.2, 0.25) is 5.91 Å². The summed E-state index contributed by atoms with van der Waals surface area (Å²) in [6.07, 6.45) is 4.91. The Hall–Kier alpha value is -0.610. The van der Waals surface area contributed by atoms with Gasteiger partial charge in [0, 0.05) is 26.6 Å². The first-order chi connectivity index (χ1) is 7.72. The van der Waals surface area contributed by atoms with Crippen molar-refractivity contribution in [3.05, 3.63) is 0 Å². The van der Waals surface area contributed by atoms with Crippen LogP contribution < -0.4 is 5.73 Å². The van der Waals surface area contributed by atoms with Gasteiger partial charge in [-0.05, 0) is 26.3 Å². The molecule has 0 bridgehead atoms. The number of likely N-dealkylation sites (N-methyl/N-ethyl adjacent to an activating group) is 1. The second-order valence-corrected chi connectivity index (χ2v) is 3.97. The summed E-state index contributed by atoms with van der Waals surface area (Å²) in [5, 5.41) is 0. The van der Waals surface area contributed by atoms with E-state index in [9.17, 15) is 4.79 Å². The van der Waals surface area contributed by atoms with E-state index in [1.807, 2.05) is 14.0 Å². The van der Waals surface area contributed by atoms with Crippen molar-refractivity contribution < 1.29 is 9.53 Å². The van der Waals surface area contributed by atoms with E-state index >= 15 is 0 Å². The summed E-state index contributed by atoms with van der Waals surface area (Å²) in [7, 11) is 1.83. The van der Waals surface area contributed by atoms with Crippen molar-refractivity contribution in [1.29, 1.82) is 0 Å². The molecule has 0 aliphatic heterocycles. The minimum atomic E-state index is 0.215. The third-order valence-corrected chi connectivity index (χ3v) is 2.55. The minimum Gasteiger partial charge on any atom is -0.380 e. The number of hydrogen-bond acceptors (Lipinski definition) is 3. The summed E-state index contributed by atoms with van der Waals surface area (Å²) in [6, 6.07) is 0. The van der Waals surface area contributed by atoms with E-state index in [2.05, 4.69) is 0 Å². The largest absolute Gasteiger partial charge is 0.380 e. The smallest absolute Gasteiger partial charge is 0.222 e. The van der Waals surface area contributed by atoms with Crippen LogP contribution in [-0.4, -0.2) is 44.2 Å². The van der Waals surface area contributed by atoms with Crippen molar-refractivity contribution >= 4 is 5.91 Å². The summed E-state index contributed by atoms with van der Waals surface area (Å²) in [5.41, 5.74) is 5.40. The second kappa shape index (κ2) is 10.9. The molecule has 0 saturated carbocycles. The Morgan fingerprint density at radius 1 is 1.25 bits per heavy atom. The van der Waals surface area contributed by atoms with Gasteiger partial charge in [-0.25, -0.2) is 0 Å². The van der Waals surface area contributed by atoms with Crippen LogP contribution in [0.25, 0.3) is 0 Å². The van der Waals surface area contributed by atoms with Crippen molar-refractivity contribution in [3.8, 4) is 0 Å². The number of rotatable bonds is 10. The quantitative estimate of drug-likeness (QED) is 0.577. The van der Waals surface area contributed by atoms with E-state index in [-0.39, 0.29) is 5.91 Å². The molecule has 4 nitrogen and oxygen atoms in total. The molecule has 0 aromatic heterocycles. The number of carbonyl (C=O) groups is 1. The first-order valence-electron chi connectivity index (χ1n) is 6.24. The summed E-state index contributed by atoms with van der Waals surface area (Å²) in [5.74, 6) is 0.215. The number of hydrogen-bond donors (Lipinski definition) is 1.